The van der Waals surface area contributed by atoms with Gasteiger partial charge in [0.25, 0.3) is 5.56 Å². The van der Waals surface area contributed by atoms with Gasteiger partial charge in [-0.15, -0.1) is 0 Å². The average Bonchev–Trinajstić information content (AvgIpc) is 3.09. The van der Waals surface area contributed by atoms with Crippen molar-refractivity contribution in [2.75, 3.05) is 26.2 Å². The minimum absolute atomic E-state index is 0.0886. The number of hydrogen-bond donors (Lipinski definition) is 1. The molecule has 5 nitrogen and oxygen atoms in total. The summed E-state index contributed by atoms with van der Waals surface area (Å²) in [5.41, 5.74) is 2.94. The van der Waals surface area contributed by atoms with Gasteiger partial charge in [-0.1, -0.05) is 37.1 Å². The Bertz CT molecular complexity index is 825. The Morgan fingerprint density at radius 1 is 1.07 bits per heavy atom. The number of aryl methyl sites for hydroxylation is 1. The van der Waals surface area contributed by atoms with E-state index in [4.69, 9.17) is 0 Å². The first-order valence-electron chi connectivity index (χ1n) is 10.3. The lowest BCUT2D eigenvalue weighted by molar-refractivity contribution is 0.198. The highest BCUT2D eigenvalue weighted by molar-refractivity contribution is 5.60. The van der Waals surface area contributed by atoms with Crippen molar-refractivity contribution < 1.29 is 0 Å². The summed E-state index contributed by atoms with van der Waals surface area (Å²) in [4.78, 5) is 24.6. The van der Waals surface area contributed by atoms with Gasteiger partial charge >= 0.3 is 0 Å². The highest BCUT2D eigenvalue weighted by atomic mass is 16.1. The number of aromatic amines is 1. The summed E-state index contributed by atoms with van der Waals surface area (Å²) in [5, 5.41) is 0. The molecule has 2 heterocycles. The van der Waals surface area contributed by atoms with E-state index in [1.165, 1.54) is 50.8 Å². The normalized spacial score (nSPS) is 20.0. The number of benzene rings is 1. The molecule has 2 aliphatic rings. The third-order valence-corrected chi connectivity index (χ3v) is 6.00. The van der Waals surface area contributed by atoms with Crippen molar-refractivity contribution in [1.82, 2.24) is 19.8 Å². The molecule has 0 radical (unpaired) electrons. The van der Waals surface area contributed by atoms with Crippen LogP contribution in [0.15, 0.2) is 35.1 Å². The Balaban J connectivity index is 1.49. The zero-order chi connectivity index (χ0) is 18.6. The highest BCUT2D eigenvalue weighted by Crippen LogP contribution is 2.25. The lowest BCUT2D eigenvalue weighted by Gasteiger charge is -2.27. The first-order chi connectivity index (χ1) is 13.2. The van der Waals surface area contributed by atoms with Gasteiger partial charge in [-0.3, -0.25) is 14.6 Å². The topological polar surface area (TPSA) is 52.2 Å². The molecule has 27 heavy (non-hydrogen) atoms. The van der Waals surface area contributed by atoms with Crippen molar-refractivity contribution in [1.29, 1.82) is 0 Å². The Hall–Kier alpha value is -1.98. The maximum atomic E-state index is 11.9. The molecule has 5 heteroatoms. The van der Waals surface area contributed by atoms with Crippen LogP contribution in [0.4, 0.5) is 0 Å². The first-order valence-corrected chi connectivity index (χ1v) is 10.3. The van der Waals surface area contributed by atoms with Gasteiger partial charge in [0.2, 0.25) is 0 Å². The molecule has 1 N–H and O–H groups in total. The quantitative estimate of drug-likeness (QED) is 0.903. The van der Waals surface area contributed by atoms with Gasteiger partial charge in [-0.2, -0.15) is 0 Å². The summed E-state index contributed by atoms with van der Waals surface area (Å²) >= 11 is 0. The van der Waals surface area contributed by atoms with E-state index in [9.17, 15) is 4.79 Å². The lowest BCUT2D eigenvalue weighted by atomic mass is 10.1. The van der Waals surface area contributed by atoms with E-state index in [0.29, 0.717) is 5.82 Å². The fourth-order valence-electron chi connectivity index (χ4n) is 4.62. The van der Waals surface area contributed by atoms with Crippen molar-refractivity contribution in [3.05, 3.63) is 51.9 Å². The van der Waals surface area contributed by atoms with Crippen LogP contribution in [0.3, 0.4) is 0 Å². The highest BCUT2D eigenvalue weighted by Gasteiger charge is 2.25. The van der Waals surface area contributed by atoms with E-state index in [1.54, 1.807) is 6.07 Å². The molecule has 0 bridgehead atoms. The molecule has 1 aliphatic heterocycles. The molecule has 2 fully saturated rings. The van der Waals surface area contributed by atoms with Gasteiger partial charge in [-0.05, 0) is 44.8 Å². The van der Waals surface area contributed by atoms with Crippen molar-refractivity contribution in [3.63, 3.8) is 0 Å². The van der Waals surface area contributed by atoms with Crippen LogP contribution in [-0.2, 0) is 6.54 Å². The van der Waals surface area contributed by atoms with Gasteiger partial charge < -0.3 is 4.98 Å². The van der Waals surface area contributed by atoms with E-state index in [-0.39, 0.29) is 5.56 Å². The van der Waals surface area contributed by atoms with Crippen LogP contribution in [0.25, 0.3) is 11.4 Å². The third-order valence-electron chi connectivity index (χ3n) is 6.00. The molecule has 2 aromatic rings. The SMILES string of the molecule is Cc1cc(=O)[nH]c(-c2ccccc2CN2CCCN(C3CCCC3)CC2)n1. The second-order valence-corrected chi connectivity index (χ2v) is 8.00. The fourth-order valence-corrected chi connectivity index (χ4v) is 4.62. The Kier molecular flexibility index (Phi) is 5.69. The Labute approximate surface area is 161 Å². The molecule has 1 saturated carbocycles. The van der Waals surface area contributed by atoms with Crippen molar-refractivity contribution in [2.24, 2.45) is 0 Å². The van der Waals surface area contributed by atoms with E-state index >= 15 is 0 Å². The minimum atomic E-state index is -0.0886. The lowest BCUT2D eigenvalue weighted by Crippen LogP contribution is -2.36. The number of nitrogens with zero attached hydrogens (tertiary/aromatic N) is 3. The summed E-state index contributed by atoms with van der Waals surface area (Å²) < 4.78 is 0. The van der Waals surface area contributed by atoms with Gasteiger partial charge in [0.05, 0.1) is 0 Å². The standard InChI is InChI=1S/C22H30N4O/c1-17-15-21(27)24-22(23-17)20-10-5-2-7-18(20)16-25-11-6-12-26(14-13-25)19-8-3-4-9-19/h2,5,7,10,15,19H,3-4,6,8-9,11-14,16H2,1H3,(H,23,24,27). The molecular weight excluding hydrogens is 336 g/mol. The van der Waals surface area contributed by atoms with Crippen LogP contribution in [0.1, 0.15) is 43.4 Å². The Morgan fingerprint density at radius 3 is 2.70 bits per heavy atom. The van der Waals surface area contributed by atoms with Gasteiger partial charge in [0.1, 0.15) is 5.82 Å². The van der Waals surface area contributed by atoms with Gasteiger partial charge in [0.15, 0.2) is 0 Å². The molecule has 4 rings (SSSR count). The molecule has 0 unspecified atom stereocenters. The number of nitrogens with one attached hydrogen (secondary N) is 1. The number of aromatic nitrogens is 2. The van der Waals surface area contributed by atoms with Crippen LogP contribution in [0.2, 0.25) is 0 Å². The first kappa shape index (κ1) is 18.4. The zero-order valence-corrected chi connectivity index (χ0v) is 16.3. The minimum Gasteiger partial charge on any atom is -0.307 e. The van der Waals surface area contributed by atoms with Crippen LogP contribution < -0.4 is 5.56 Å². The summed E-state index contributed by atoms with van der Waals surface area (Å²) in [5.74, 6) is 0.679. The molecule has 1 aliphatic carbocycles. The summed E-state index contributed by atoms with van der Waals surface area (Å²) in [6.07, 6.45) is 6.81. The molecule has 0 atom stereocenters. The van der Waals surface area contributed by atoms with E-state index in [1.807, 2.05) is 13.0 Å². The molecule has 0 spiro atoms. The molecule has 1 aromatic carbocycles. The zero-order valence-electron chi connectivity index (χ0n) is 16.3. The summed E-state index contributed by atoms with van der Waals surface area (Å²) in [6.45, 7) is 7.43. The van der Waals surface area contributed by atoms with Gasteiger partial charge in [-0.25, -0.2) is 4.98 Å². The number of H-pyrrole nitrogens is 1. The van der Waals surface area contributed by atoms with Crippen LogP contribution in [0.5, 0.6) is 0 Å². The van der Waals surface area contributed by atoms with Crippen molar-refractivity contribution >= 4 is 0 Å². The van der Waals surface area contributed by atoms with Crippen LogP contribution >= 0.6 is 0 Å². The molecule has 1 saturated heterocycles. The summed E-state index contributed by atoms with van der Waals surface area (Å²) in [7, 11) is 0. The fraction of sp³-hybridized carbons (Fsp3) is 0.545. The Morgan fingerprint density at radius 2 is 1.89 bits per heavy atom. The maximum Gasteiger partial charge on any atom is 0.251 e. The number of hydrogen-bond acceptors (Lipinski definition) is 4. The molecule has 144 valence electrons. The van der Waals surface area contributed by atoms with E-state index in [0.717, 1.165) is 36.9 Å². The largest absolute Gasteiger partial charge is 0.307 e. The summed E-state index contributed by atoms with van der Waals surface area (Å²) in [6, 6.07) is 10.7. The molecule has 1 aromatic heterocycles. The smallest absolute Gasteiger partial charge is 0.251 e. The predicted molar refractivity (Wildman–Crippen MR) is 109 cm³/mol. The monoisotopic (exact) mass is 366 g/mol. The second-order valence-electron chi connectivity index (χ2n) is 8.00. The van der Waals surface area contributed by atoms with Gasteiger partial charge in [0, 0.05) is 43.0 Å². The maximum absolute atomic E-state index is 11.9. The second kappa shape index (κ2) is 8.36. The molecular formula is C22H30N4O. The predicted octanol–water partition coefficient (Wildman–Crippen LogP) is 3.20. The van der Waals surface area contributed by atoms with Crippen LogP contribution in [-0.4, -0.2) is 52.0 Å². The average molecular weight is 367 g/mol. The van der Waals surface area contributed by atoms with Crippen molar-refractivity contribution in [3.8, 4) is 11.4 Å². The van der Waals surface area contributed by atoms with Crippen molar-refractivity contribution in [2.45, 2.75) is 51.6 Å². The number of rotatable bonds is 4. The van der Waals surface area contributed by atoms with Crippen LogP contribution in [0, 0.1) is 6.92 Å². The molecule has 0 amide bonds. The van der Waals surface area contributed by atoms with E-state index in [2.05, 4.69) is 38.0 Å². The third kappa shape index (κ3) is 4.47. The van der Waals surface area contributed by atoms with E-state index < -0.39 is 0 Å².